The van der Waals surface area contributed by atoms with Crippen molar-refractivity contribution >= 4 is 19.8 Å². The van der Waals surface area contributed by atoms with Gasteiger partial charge in [0.05, 0.1) is 6.61 Å². The molecule has 0 aromatic heterocycles. The molecule has 8 nitrogen and oxygen atoms in total. The highest BCUT2D eigenvalue weighted by Crippen LogP contribution is 2.35. The number of carbonyl (C=O) groups excluding carboxylic acids is 2. The number of unbranched alkanes of at least 4 members (excludes halogenated alkanes) is 9. The van der Waals surface area contributed by atoms with Crippen LogP contribution in [0.1, 0.15) is 149 Å². The van der Waals surface area contributed by atoms with Crippen LogP contribution in [0, 0.1) is 0 Å². The summed E-state index contributed by atoms with van der Waals surface area (Å²) in [6.07, 6.45) is 52.8. The second-order valence-electron chi connectivity index (χ2n) is 12.9. The van der Waals surface area contributed by atoms with Gasteiger partial charge in [0.2, 0.25) is 0 Å². The molecule has 53 heavy (non-hydrogen) atoms. The molecule has 0 saturated carbocycles. The van der Waals surface area contributed by atoms with E-state index in [1.54, 1.807) is 0 Å². The molecule has 0 saturated heterocycles. The maximum Gasteiger partial charge on any atom is 0.469 e. The minimum atomic E-state index is -4.78. The van der Waals surface area contributed by atoms with Gasteiger partial charge in [0.15, 0.2) is 6.10 Å². The van der Waals surface area contributed by atoms with Gasteiger partial charge in [-0.15, -0.1) is 0 Å². The van der Waals surface area contributed by atoms with Crippen LogP contribution in [0.4, 0.5) is 0 Å². The van der Waals surface area contributed by atoms with Gasteiger partial charge >= 0.3 is 19.8 Å². The Bertz CT molecular complexity index is 1170. The molecule has 0 spiro atoms. The second-order valence-corrected chi connectivity index (χ2v) is 14.1. The number of hydrogen-bond donors (Lipinski definition) is 2. The summed E-state index contributed by atoms with van der Waals surface area (Å²) < 4.78 is 26.3. The molecule has 0 radical (unpaired) electrons. The van der Waals surface area contributed by atoms with Gasteiger partial charge in [-0.1, -0.05) is 150 Å². The lowest BCUT2D eigenvalue weighted by molar-refractivity contribution is -0.161. The van der Waals surface area contributed by atoms with Gasteiger partial charge in [-0.05, 0) is 83.5 Å². The first-order valence-electron chi connectivity index (χ1n) is 20.0. The predicted octanol–water partition coefficient (Wildman–Crippen LogP) is 12.2. The quantitative estimate of drug-likeness (QED) is 0.0284. The highest BCUT2D eigenvalue weighted by molar-refractivity contribution is 7.46. The molecule has 0 bridgehead atoms. The molecule has 0 aliphatic heterocycles. The van der Waals surface area contributed by atoms with Crippen LogP contribution < -0.4 is 0 Å². The molecule has 0 aromatic rings. The predicted molar refractivity (Wildman–Crippen MR) is 220 cm³/mol. The molecule has 300 valence electrons. The van der Waals surface area contributed by atoms with Crippen molar-refractivity contribution in [2.45, 2.75) is 155 Å². The summed E-state index contributed by atoms with van der Waals surface area (Å²) in [5, 5.41) is 0. The van der Waals surface area contributed by atoms with Crippen LogP contribution in [0.25, 0.3) is 0 Å². The fraction of sp³-hybridized carbons (Fsp3) is 0.591. The van der Waals surface area contributed by atoms with Gasteiger partial charge in [0.25, 0.3) is 0 Å². The molecule has 2 N–H and O–H groups in total. The van der Waals surface area contributed by atoms with E-state index in [0.29, 0.717) is 12.8 Å². The fourth-order valence-corrected chi connectivity index (χ4v) is 5.26. The van der Waals surface area contributed by atoms with Crippen molar-refractivity contribution < 1.29 is 37.9 Å². The minimum Gasteiger partial charge on any atom is -0.462 e. The first-order valence-corrected chi connectivity index (χ1v) is 21.6. The largest absolute Gasteiger partial charge is 0.469 e. The van der Waals surface area contributed by atoms with Crippen molar-refractivity contribution in [2.24, 2.45) is 0 Å². The van der Waals surface area contributed by atoms with E-state index in [2.05, 4.69) is 103 Å². The van der Waals surface area contributed by atoms with Crippen molar-refractivity contribution in [1.82, 2.24) is 0 Å². The van der Waals surface area contributed by atoms with Gasteiger partial charge in [-0.2, -0.15) is 0 Å². The van der Waals surface area contributed by atoms with Gasteiger partial charge < -0.3 is 19.3 Å². The minimum absolute atomic E-state index is 0.0779. The van der Waals surface area contributed by atoms with E-state index in [1.807, 2.05) is 12.2 Å². The Morgan fingerprint density at radius 2 is 0.943 bits per heavy atom. The summed E-state index contributed by atoms with van der Waals surface area (Å²) in [4.78, 5) is 42.8. The molecule has 0 aromatic carbocycles. The number of ether oxygens (including phenoxy) is 2. The second kappa shape index (κ2) is 38.7. The van der Waals surface area contributed by atoms with E-state index < -0.39 is 32.5 Å². The van der Waals surface area contributed by atoms with Crippen LogP contribution in [0.3, 0.4) is 0 Å². The summed E-state index contributed by atoms with van der Waals surface area (Å²) in [6.45, 7) is 3.46. The zero-order valence-corrected chi connectivity index (χ0v) is 33.8. The number of carbonyl (C=O) groups is 2. The van der Waals surface area contributed by atoms with Crippen molar-refractivity contribution in [3.05, 3.63) is 97.2 Å². The van der Waals surface area contributed by atoms with Gasteiger partial charge in [-0.25, -0.2) is 4.57 Å². The molecule has 1 atom stereocenters. The monoisotopic (exact) mass is 758 g/mol. The summed E-state index contributed by atoms with van der Waals surface area (Å²) in [5.41, 5.74) is 0. The summed E-state index contributed by atoms with van der Waals surface area (Å²) >= 11 is 0. The Kier molecular flexibility index (Phi) is 36.5. The first-order chi connectivity index (χ1) is 25.8. The molecule has 1 unspecified atom stereocenters. The summed E-state index contributed by atoms with van der Waals surface area (Å²) in [6, 6.07) is 0. The van der Waals surface area contributed by atoms with Crippen LogP contribution in [0.15, 0.2) is 97.2 Å². The Balaban J connectivity index is 4.13. The Labute approximate surface area is 322 Å². The number of hydrogen-bond acceptors (Lipinski definition) is 6. The molecular formula is C44H71O8P. The highest BCUT2D eigenvalue weighted by atomic mass is 31.2. The molecule has 0 rings (SSSR count). The van der Waals surface area contributed by atoms with E-state index in [9.17, 15) is 14.2 Å². The highest BCUT2D eigenvalue weighted by Gasteiger charge is 2.22. The third-order valence-electron chi connectivity index (χ3n) is 7.85. The average Bonchev–Trinajstić information content (AvgIpc) is 3.13. The Hall–Kier alpha value is -3.03. The smallest absolute Gasteiger partial charge is 0.462 e. The summed E-state index contributed by atoms with van der Waals surface area (Å²) in [5.74, 6) is -1.01. The van der Waals surface area contributed by atoms with Crippen molar-refractivity contribution in [1.29, 1.82) is 0 Å². The van der Waals surface area contributed by atoms with E-state index in [0.717, 1.165) is 77.0 Å². The number of phosphoric ester groups is 1. The van der Waals surface area contributed by atoms with Crippen molar-refractivity contribution in [3.63, 3.8) is 0 Å². The molecule has 0 amide bonds. The van der Waals surface area contributed by atoms with Crippen LogP contribution in [-0.2, 0) is 28.2 Å². The lowest BCUT2D eigenvalue weighted by Crippen LogP contribution is -2.29. The maximum absolute atomic E-state index is 12.4. The topological polar surface area (TPSA) is 119 Å². The standard InChI is InChI=1S/C44H71O8P/c1-3-5-7-9-11-13-15-17-19-21-22-23-25-27-29-31-33-35-37-39-44(46)52-42(41-51-53(47,48)49)40-50-43(45)38-36-34-32-30-28-26-24-20-18-16-14-12-10-8-6-4-2/h5,7,11,13-14,16-17,19-20,22-24,27,29,33,35,42H,3-4,6,8-10,12,15,18,21,25-26,28,30-32,34,36-41H2,1-2H3,(H2,47,48,49)/b7-5-,13-11-,16-14-,19-17-,23-22-,24-20-,29-27-,35-33-. The van der Waals surface area contributed by atoms with Crippen molar-refractivity contribution in [2.75, 3.05) is 13.2 Å². The molecular weight excluding hydrogens is 687 g/mol. The average molecular weight is 759 g/mol. The maximum atomic E-state index is 12.4. The molecule has 0 fully saturated rings. The number of rotatable bonds is 35. The Morgan fingerprint density at radius 1 is 0.509 bits per heavy atom. The Morgan fingerprint density at radius 3 is 1.43 bits per heavy atom. The molecule has 9 heteroatoms. The van der Waals surface area contributed by atoms with Gasteiger partial charge in [0.1, 0.15) is 6.61 Å². The SMILES string of the molecule is CC/C=C\C/C=C\C/C=C\C/C=C\C/C=C\C/C=C\CCC(=O)OC(COC(=O)CCCCCCC/C=C\C/C=C\CCCCCC)COP(=O)(O)O. The van der Waals surface area contributed by atoms with E-state index in [4.69, 9.17) is 19.3 Å². The first kappa shape index (κ1) is 50.0. The third-order valence-corrected chi connectivity index (χ3v) is 8.34. The van der Waals surface area contributed by atoms with Crippen LogP contribution in [0.2, 0.25) is 0 Å². The van der Waals surface area contributed by atoms with E-state index in [1.165, 1.54) is 32.1 Å². The number of allylic oxidation sites excluding steroid dienone is 16. The van der Waals surface area contributed by atoms with E-state index >= 15 is 0 Å². The summed E-state index contributed by atoms with van der Waals surface area (Å²) in [7, 11) is -4.78. The van der Waals surface area contributed by atoms with Crippen LogP contribution >= 0.6 is 7.82 Å². The number of phosphoric acid groups is 1. The zero-order valence-electron chi connectivity index (χ0n) is 32.9. The lowest BCUT2D eigenvalue weighted by Gasteiger charge is -2.18. The third kappa shape index (κ3) is 41.6. The zero-order chi connectivity index (χ0) is 38.9. The molecule has 0 aliphatic rings. The van der Waals surface area contributed by atoms with Crippen LogP contribution in [-0.4, -0.2) is 41.0 Å². The molecule has 0 heterocycles. The van der Waals surface area contributed by atoms with Gasteiger partial charge in [-0.3, -0.25) is 14.1 Å². The normalized spacial score (nSPS) is 13.5. The van der Waals surface area contributed by atoms with Crippen LogP contribution in [0.5, 0.6) is 0 Å². The van der Waals surface area contributed by atoms with Gasteiger partial charge in [0, 0.05) is 12.8 Å². The fourth-order valence-electron chi connectivity index (χ4n) is 4.90. The van der Waals surface area contributed by atoms with Crippen molar-refractivity contribution in [3.8, 4) is 0 Å². The molecule has 0 aliphatic carbocycles. The number of esters is 2. The van der Waals surface area contributed by atoms with E-state index in [-0.39, 0.29) is 19.4 Å². The lowest BCUT2D eigenvalue weighted by atomic mass is 10.1.